The maximum Gasteiger partial charge on any atom is 0.266 e. The molecule has 0 fully saturated rings. The van der Waals surface area contributed by atoms with Crippen LogP contribution in [-0.4, -0.2) is 12.7 Å². The molecule has 0 atom stereocenters. The van der Waals surface area contributed by atoms with E-state index < -0.39 is 5.91 Å². The monoisotopic (exact) mass is 306 g/mol. The minimum absolute atomic E-state index is 0.0180. The summed E-state index contributed by atoms with van der Waals surface area (Å²) >= 11 is 0. The zero-order valence-electron chi connectivity index (χ0n) is 12.5. The largest absolute Gasteiger partial charge is 0.454 e. The van der Waals surface area contributed by atoms with Crippen LogP contribution in [0.25, 0.3) is 6.08 Å². The fraction of sp³-hybridized carbons (Fsp3) is 0.111. The van der Waals surface area contributed by atoms with E-state index >= 15 is 0 Å². The van der Waals surface area contributed by atoms with Crippen LogP contribution in [0, 0.1) is 18.3 Å². The molecule has 1 aliphatic heterocycles. The highest BCUT2D eigenvalue weighted by Crippen LogP contribution is 2.33. The highest BCUT2D eigenvalue weighted by molar-refractivity contribution is 6.09. The molecule has 114 valence electrons. The number of nitrogens with one attached hydrogen (secondary N) is 1. The maximum absolute atomic E-state index is 12.2. The van der Waals surface area contributed by atoms with Crippen LogP contribution in [0.2, 0.25) is 0 Å². The van der Waals surface area contributed by atoms with Crippen LogP contribution < -0.4 is 14.8 Å². The van der Waals surface area contributed by atoms with E-state index in [4.69, 9.17) is 9.47 Å². The Morgan fingerprint density at radius 3 is 2.65 bits per heavy atom. The number of fused-ring (bicyclic) bond motifs is 1. The molecular formula is C18H14N2O3. The number of nitrogens with zero attached hydrogens (tertiary/aromatic N) is 1. The predicted molar refractivity (Wildman–Crippen MR) is 86.0 cm³/mol. The first kappa shape index (κ1) is 14.7. The number of carbonyl (C=O) groups excluding carboxylic acids is 1. The van der Waals surface area contributed by atoms with Gasteiger partial charge in [-0.25, -0.2) is 0 Å². The number of nitriles is 1. The summed E-state index contributed by atoms with van der Waals surface area (Å²) in [6.07, 6.45) is 1.52. The molecule has 5 heteroatoms. The quantitative estimate of drug-likeness (QED) is 0.698. The summed E-state index contributed by atoms with van der Waals surface area (Å²) in [4.78, 5) is 12.2. The SMILES string of the molecule is Cc1ccc(NC(=O)/C(C#N)=C\c2ccc3c(c2)OCO3)cc1. The van der Waals surface area contributed by atoms with Crippen molar-refractivity contribution in [3.63, 3.8) is 0 Å². The van der Waals surface area contributed by atoms with Crippen LogP contribution in [0.5, 0.6) is 11.5 Å². The molecule has 1 aliphatic rings. The van der Waals surface area contributed by atoms with Crippen LogP contribution in [-0.2, 0) is 4.79 Å². The fourth-order valence-corrected chi connectivity index (χ4v) is 2.15. The normalized spacial score (nSPS) is 12.6. The van der Waals surface area contributed by atoms with Gasteiger partial charge in [-0.15, -0.1) is 0 Å². The van der Waals surface area contributed by atoms with Gasteiger partial charge in [0.25, 0.3) is 5.91 Å². The number of ether oxygens (including phenoxy) is 2. The van der Waals surface area contributed by atoms with Gasteiger partial charge in [0.15, 0.2) is 11.5 Å². The minimum Gasteiger partial charge on any atom is -0.454 e. The van der Waals surface area contributed by atoms with Crippen molar-refractivity contribution in [3.05, 3.63) is 59.2 Å². The van der Waals surface area contributed by atoms with Crippen LogP contribution >= 0.6 is 0 Å². The van der Waals surface area contributed by atoms with Gasteiger partial charge in [-0.1, -0.05) is 23.8 Å². The summed E-state index contributed by atoms with van der Waals surface area (Å²) in [5.74, 6) is 0.814. The van der Waals surface area contributed by atoms with Gasteiger partial charge in [-0.3, -0.25) is 4.79 Å². The van der Waals surface area contributed by atoms with Gasteiger partial charge in [-0.2, -0.15) is 5.26 Å². The Balaban J connectivity index is 1.80. The third kappa shape index (κ3) is 3.33. The minimum atomic E-state index is -0.450. The average molecular weight is 306 g/mol. The predicted octanol–water partition coefficient (Wildman–Crippen LogP) is 3.27. The molecule has 0 spiro atoms. The number of aryl methyl sites for hydroxylation is 1. The summed E-state index contributed by atoms with van der Waals surface area (Å²) in [5.41, 5.74) is 2.46. The van der Waals surface area contributed by atoms with Crippen molar-refractivity contribution in [2.24, 2.45) is 0 Å². The molecule has 2 aromatic carbocycles. The standard InChI is InChI=1S/C18H14N2O3/c1-12-2-5-15(6-3-12)20-18(21)14(10-19)8-13-4-7-16-17(9-13)23-11-22-16/h2-9H,11H2,1H3,(H,20,21)/b14-8-. The number of carbonyl (C=O) groups is 1. The topological polar surface area (TPSA) is 71.4 Å². The molecule has 1 N–H and O–H groups in total. The van der Waals surface area contributed by atoms with Crippen LogP contribution in [0.3, 0.4) is 0 Å². The molecule has 0 saturated carbocycles. The lowest BCUT2D eigenvalue weighted by Crippen LogP contribution is -2.13. The first-order valence-corrected chi connectivity index (χ1v) is 7.05. The van der Waals surface area contributed by atoms with Crippen molar-refractivity contribution in [3.8, 4) is 17.6 Å². The van der Waals surface area contributed by atoms with Gasteiger partial charge >= 0.3 is 0 Å². The lowest BCUT2D eigenvalue weighted by molar-refractivity contribution is -0.112. The first-order valence-electron chi connectivity index (χ1n) is 7.05. The smallest absolute Gasteiger partial charge is 0.266 e. The average Bonchev–Trinajstić information content (AvgIpc) is 3.02. The van der Waals surface area contributed by atoms with Crippen LogP contribution in [0.15, 0.2) is 48.0 Å². The molecule has 2 aromatic rings. The van der Waals surface area contributed by atoms with Gasteiger partial charge < -0.3 is 14.8 Å². The lowest BCUT2D eigenvalue weighted by Gasteiger charge is -2.05. The second-order valence-electron chi connectivity index (χ2n) is 5.10. The Morgan fingerprint density at radius 2 is 1.91 bits per heavy atom. The summed E-state index contributed by atoms with van der Waals surface area (Å²) < 4.78 is 10.5. The zero-order chi connectivity index (χ0) is 16.2. The van der Waals surface area contributed by atoms with E-state index in [1.54, 1.807) is 30.3 Å². The number of amides is 1. The van der Waals surface area contributed by atoms with Gasteiger partial charge in [0.05, 0.1) is 0 Å². The second-order valence-corrected chi connectivity index (χ2v) is 5.10. The highest BCUT2D eigenvalue weighted by Gasteiger charge is 2.14. The Labute approximate surface area is 133 Å². The Bertz CT molecular complexity index is 817. The molecular weight excluding hydrogens is 292 g/mol. The number of hydrogen-bond donors (Lipinski definition) is 1. The van der Waals surface area contributed by atoms with Crippen LogP contribution in [0.4, 0.5) is 5.69 Å². The van der Waals surface area contributed by atoms with E-state index in [-0.39, 0.29) is 12.4 Å². The molecule has 0 aromatic heterocycles. The third-order valence-corrected chi connectivity index (χ3v) is 3.38. The summed E-state index contributed by atoms with van der Waals surface area (Å²) in [5, 5.41) is 11.9. The van der Waals surface area contributed by atoms with Gasteiger partial charge in [0.2, 0.25) is 6.79 Å². The summed E-state index contributed by atoms with van der Waals surface area (Å²) in [7, 11) is 0. The number of rotatable bonds is 3. The Hall–Kier alpha value is -3.26. The molecule has 3 rings (SSSR count). The van der Waals surface area contributed by atoms with Crippen molar-refractivity contribution in [2.45, 2.75) is 6.92 Å². The molecule has 5 nitrogen and oxygen atoms in total. The number of anilines is 1. The van der Waals surface area contributed by atoms with Crippen molar-refractivity contribution in [1.82, 2.24) is 0 Å². The van der Waals surface area contributed by atoms with Crippen molar-refractivity contribution in [2.75, 3.05) is 12.1 Å². The molecule has 23 heavy (non-hydrogen) atoms. The second kappa shape index (κ2) is 6.24. The van der Waals surface area contributed by atoms with Crippen molar-refractivity contribution < 1.29 is 14.3 Å². The number of benzene rings is 2. The zero-order valence-corrected chi connectivity index (χ0v) is 12.5. The lowest BCUT2D eigenvalue weighted by atomic mass is 10.1. The molecule has 1 heterocycles. The molecule has 0 aliphatic carbocycles. The molecule has 0 saturated heterocycles. The Morgan fingerprint density at radius 1 is 1.17 bits per heavy atom. The Kier molecular flexibility index (Phi) is 3.98. The van der Waals surface area contributed by atoms with E-state index in [2.05, 4.69) is 5.32 Å². The first-order chi connectivity index (χ1) is 11.2. The molecule has 1 amide bonds. The summed E-state index contributed by atoms with van der Waals surface area (Å²) in [6.45, 7) is 2.15. The van der Waals surface area contributed by atoms with Crippen molar-refractivity contribution >= 4 is 17.7 Å². The van der Waals surface area contributed by atoms with Crippen molar-refractivity contribution in [1.29, 1.82) is 5.26 Å². The molecule has 0 bridgehead atoms. The van der Waals surface area contributed by atoms with Gasteiger partial charge in [0.1, 0.15) is 11.6 Å². The van der Waals surface area contributed by atoms with E-state index in [9.17, 15) is 10.1 Å². The third-order valence-electron chi connectivity index (χ3n) is 3.38. The maximum atomic E-state index is 12.2. The summed E-state index contributed by atoms with van der Waals surface area (Å²) in [6, 6.07) is 14.6. The highest BCUT2D eigenvalue weighted by atomic mass is 16.7. The van der Waals surface area contributed by atoms with Gasteiger partial charge in [0, 0.05) is 5.69 Å². The number of hydrogen-bond acceptors (Lipinski definition) is 4. The molecule has 0 radical (unpaired) electrons. The molecule has 0 unspecified atom stereocenters. The van der Waals surface area contributed by atoms with E-state index in [1.807, 2.05) is 25.1 Å². The van der Waals surface area contributed by atoms with E-state index in [0.717, 1.165) is 5.56 Å². The van der Waals surface area contributed by atoms with E-state index in [0.29, 0.717) is 22.7 Å². The fourth-order valence-electron chi connectivity index (χ4n) is 2.15. The van der Waals surface area contributed by atoms with E-state index in [1.165, 1.54) is 6.08 Å². The van der Waals surface area contributed by atoms with Crippen LogP contribution in [0.1, 0.15) is 11.1 Å². The van der Waals surface area contributed by atoms with Gasteiger partial charge in [-0.05, 0) is 42.8 Å².